The van der Waals surface area contributed by atoms with Crippen LogP contribution >= 0.6 is 0 Å². The van der Waals surface area contributed by atoms with Gasteiger partial charge in [-0.15, -0.1) is 0 Å². The summed E-state index contributed by atoms with van der Waals surface area (Å²) in [6.45, 7) is 6.51. The van der Waals surface area contributed by atoms with Crippen molar-refractivity contribution in [3.63, 3.8) is 0 Å². The summed E-state index contributed by atoms with van der Waals surface area (Å²) in [6.07, 6.45) is 70.3. The second-order valence-corrected chi connectivity index (χ2v) is 18.8. The van der Waals surface area contributed by atoms with Crippen LogP contribution < -0.4 is 0 Å². The molecule has 0 bridgehead atoms. The number of esters is 3. The van der Waals surface area contributed by atoms with E-state index in [0.29, 0.717) is 19.3 Å². The molecule has 0 heterocycles. The highest BCUT2D eigenvalue weighted by Gasteiger charge is 2.19. The largest absolute Gasteiger partial charge is 0.462 e. The first-order chi connectivity index (χ1) is 33.0. The number of rotatable bonds is 51. The summed E-state index contributed by atoms with van der Waals surface area (Å²) in [5, 5.41) is 0. The van der Waals surface area contributed by atoms with Gasteiger partial charge in [0.25, 0.3) is 0 Å². The van der Waals surface area contributed by atoms with Crippen LogP contribution in [0.25, 0.3) is 0 Å². The highest BCUT2D eigenvalue weighted by Crippen LogP contribution is 2.15. The molecule has 0 aromatic carbocycles. The van der Waals surface area contributed by atoms with Gasteiger partial charge in [0.15, 0.2) is 6.10 Å². The van der Waals surface area contributed by atoms with E-state index in [-0.39, 0.29) is 31.1 Å². The molecule has 0 aliphatic carbocycles. The predicted octanol–water partition coefficient (Wildman–Crippen LogP) is 19.0. The van der Waals surface area contributed by atoms with Crippen molar-refractivity contribution in [2.45, 2.75) is 284 Å². The first kappa shape index (κ1) is 63.8. The zero-order valence-corrected chi connectivity index (χ0v) is 44.2. The Balaban J connectivity index is 4.41. The van der Waals surface area contributed by atoms with E-state index in [1.165, 1.54) is 141 Å². The number of carbonyl (C=O) groups is 3. The number of unbranched alkanes of at least 4 members (excludes halogenated alkanes) is 28. The van der Waals surface area contributed by atoms with E-state index >= 15 is 0 Å². The SMILES string of the molecule is CC/C=C\C/C=C\C/C=C\C/C=C\C/C=C\CCCCCC(=O)OCC(COC(=O)CCCCCCCCCCCCCC)OC(=O)CCCCCCCCC/C=C\CCCCCCCCC. The van der Waals surface area contributed by atoms with E-state index in [4.69, 9.17) is 14.2 Å². The minimum absolute atomic E-state index is 0.0856. The van der Waals surface area contributed by atoms with Gasteiger partial charge in [-0.3, -0.25) is 14.4 Å². The summed E-state index contributed by atoms with van der Waals surface area (Å²) in [4.78, 5) is 38.1. The lowest BCUT2D eigenvalue weighted by molar-refractivity contribution is -0.167. The molecule has 0 rings (SSSR count). The molecule has 0 aromatic heterocycles. The molecular weight excluding hydrogens is 829 g/mol. The second kappa shape index (κ2) is 55.4. The maximum atomic E-state index is 12.8. The van der Waals surface area contributed by atoms with Crippen LogP contribution in [-0.2, 0) is 28.6 Å². The van der Waals surface area contributed by atoms with Crippen molar-refractivity contribution in [2.24, 2.45) is 0 Å². The molecule has 0 aromatic rings. The summed E-state index contributed by atoms with van der Waals surface area (Å²) >= 11 is 0. The topological polar surface area (TPSA) is 78.9 Å². The molecule has 0 saturated heterocycles. The third-order valence-corrected chi connectivity index (χ3v) is 12.2. The Morgan fingerprint density at radius 1 is 0.313 bits per heavy atom. The summed E-state index contributed by atoms with van der Waals surface area (Å²) in [6, 6.07) is 0. The monoisotopic (exact) mass is 935 g/mol. The van der Waals surface area contributed by atoms with Crippen molar-refractivity contribution in [3.05, 3.63) is 72.9 Å². The maximum absolute atomic E-state index is 12.8. The van der Waals surface area contributed by atoms with Gasteiger partial charge in [-0.05, 0) is 89.9 Å². The van der Waals surface area contributed by atoms with Crippen molar-refractivity contribution in [1.82, 2.24) is 0 Å². The van der Waals surface area contributed by atoms with E-state index in [9.17, 15) is 14.4 Å². The lowest BCUT2D eigenvalue weighted by Crippen LogP contribution is -2.30. The lowest BCUT2D eigenvalue weighted by atomic mass is 10.0. The number of carbonyl (C=O) groups excluding carboxylic acids is 3. The van der Waals surface area contributed by atoms with Gasteiger partial charge in [0, 0.05) is 19.3 Å². The molecule has 0 amide bonds. The zero-order valence-electron chi connectivity index (χ0n) is 44.2. The smallest absolute Gasteiger partial charge is 0.306 e. The Morgan fingerprint density at radius 2 is 0.582 bits per heavy atom. The van der Waals surface area contributed by atoms with Crippen molar-refractivity contribution < 1.29 is 28.6 Å². The molecule has 0 aliphatic rings. The molecule has 1 unspecified atom stereocenters. The Kier molecular flexibility index (Phi) is 52.8. The molecule has 0 aliphatic heterocycles. The fourth-order valence-electron chi connectivity index (χ4n) is 7.93. The average Bonchev–Trinajstić information content (AvgIpc) is 3.33. The van der Waals surface area contributed by atoms with E-state index in [1.807, 2.05) is 0 Å². The normalized spacial score (nSPS) is 12.6. The Labute approximate surface area is 414 Å². The van der Waals surface area contributed by atoms with E-state index < -0.39 is 6.10 Å². The molecule has 1 atom stereocenters. The summed E-state index contributed by atoms with van der Waals surface area (Å²) in [5.41, 5.74) is 0. The third kappa shape index (κ3) is 53.7. The quantitative estimate of drug-likeness (QED) is 0.0262. The molecule has 67 heavy (non-hydrogen) atoms. The predicted molar refractivity (Wildman–Crippen MR) is 288 cm³/mol. The molecule has 6 nitrogen and oxygen atoms in total. The van der Waals surface area contributed by atoms with E-state index in [0.717, 1.165) is 96.3 Å². The standard InChI is InChI=1S/C61H106O6/c1-4-7-10-13-16-19-22-25-27-29-31-33-34-36-39-42-45-48-51-54-60(63)66-57-58(56-65-59(62)53-50-47-44-41-38-24-21-18-15-12-9-6-3)67-61(64)55-52-49-46-43-40-37-35-32-30-28-26-23-20-17-14-11-8-5-2/h7,10,16,19,25,27-28,30-31,33,36,39,58H,4-6,8-9,11-15,17-18,20-24,26,29,32,34-35,37-38,40-57H2,1-3H3/b10-7-,19-16-,27-25-,30-28-,33-31-,39-36-. The van der Waals surface area contributed by atoms with Crippen molar-refractivity contribution in [1.29, 1.82) is 0 Å². The van der Waals surface area contributed by atoms with Gasteiger partial charge in [0.05, 0.1) is 0 Å². The lowest BCUT2D eigenvalue weighted by Gasteiger charge is -2.18. The van der Waals surface area contributed by atoms with E-state index in [1.54, 1.807) is 0 Å². The average molecular weight is 936 g/mol. The van der Waals surface area contributed by atoms with Crippen molar-refractivity contribution in [3.8, 4) is 0 Å². The van der Waals surface area contributed by atoms with Gasteiger partial charge in [-0.1, -0.05) is 241 Å². The van der Waals surface area contributed by atoms with Crippen LogP contribution in [-0.4, -0.2) is 37.2 Å². The molecule has 0 saturated carbocycles. The van der Waals surface area contributed by atoms with Gasteiger partial charge in [-0.25, -0.2) is 0 Å². The number of hydrogen-bond donors (Lipinski definition) is 0. The summed E-state index contributed by atoms with van der Waals surface area (Å²) in [5.74, 6) is -0.916. The first-order valence-corrected chi connectivity index (χ1v) is 28.4. The van der Waals surface area contributed by atoms with Crippen LogP contribution in [0.1, 0.15) is 278 Å². The fourth-order valence-corrected chi connectivity index (χ4v) is 7.93. The fraction of sp³-hybridized carbons (Fsp3) is 0.754. The molecule has 386 valence electrons. The zero-order chi connectivity index (χ0) is 48.6. The van der Waals surface area contributed by atoms with Crippen LogP contribution in [0.2, 0.25) is 0 Å². The maximum Gasteiger partial charge on any atom is 0.306 e. The van der Waals surface area contributed by atoms with Crippen LogP contribution in [0.4, 0.5) is 0 Å². The van der Waals surface area contributed by atoms with Gasteiger partial charge >= 0.3 is 17.9 Å². The molecule has 6 heteroatoms. The molecule has 0 N–H and O–H groups in total. The highest BCUT2D eigenvalue weighted by molar-refractivity contribution is 5.71. The van der Waals surface area contributed by atoms with E-state index in [2.05, 4.69) is 93.7 Å². The Morgan fingerprint density at radius 3 is 0.940 bits per heavy atom. The minimum atomic E-state index is -0.790. The number of hydrogen-bond acceptors (Lipinski definition) is 6. The molecule has 0 spiro atoms. The number of ether oxygens (including phenoxy) is 3. The van der Waals surface area contributed by atoms with Crippen LogP contribution in [0, 0.1) is 0 Å². The Hall–Kier alpha value is -3.15. The first-order valence-electron chi connectivity index (χ1n) is 28.4. The van der Waals surface area contributed by atoms with Gasteiger partial charge < -0.3 is 14.2 Å². The molecule has 0 fully saturated rings. The van der Waals surface area contributed by atoms with Crippen molar-refractivity contribution in [2.75, 3.05) is 13.2 Å². The summed E-state index contributed by atoms with van der Waals surface area (Å²) < 4.78 is 16.8. The number of allylic oxidation sites excluding steroid dienone is 12. The van der Waals surface area contributed by atoms with Crippen LogP contribution in [0.15, 0.2) is 72.9 Å². The van der Waals surface area contributed by atoms with Crippen molar-refractivity contribution >= 4 is 17.9 Å². The highest BCUT2D eigenvalue weighted by atomic mass is 16.6. The summed E-state index contributed by atoms with van der Waals surface area (Å²) in [7, 11) is 0. The molecular formula is C61H106O6. The minimum Gasteiger partial charge on any atom is -0.462 e. The van der Waals surface area contributed by atoms with Gasteiger partial charge in [-0.2, -0.15) is 0 Å². The van der Waals surface area contributed by atoms with Gasteiger partial charge in [0.2, 0.25) is 0 Å². The second-order valence-electron chi connectivity index (χ2n) is 18.8. The Bertz CT molecular complexity index is 1260. The van der Waals surface area contributed by atoms with Crippen LogP contribution in [0.5, 0.6) is 0 Å². The third-order valence-electron chi connectivity index (χ3n) is 12.2. The van der Waals surface area contributed by atoms with Gasteiger partial charge in [0.1, 0.15) is 13.2 Å². The molecule has 0 radical (unpaired) electrons. The van der Waals surface area contributed by atoms with Crippen LogP contribution in [0.3, 0.4) is 0 Å².